The number of anilines is 1. The molecule has 0 bridgehead atoms. The molecule has 118 valence electrons. The van der Waals surface area contributed by atoms with Gasteiger partial charge in [-0.25, -0.2) is 0 Å². The maximum absolute atomic E-state index is 12.7. The normalized spacial score (nSPS) is 22.9. The van der Waals surface area contributed by atoms with Gasteiger partial charge in [-0.05, 0) is 50.8 Å². The minimum atomic E-state index is -4.07. The van der Waals surface area contributed by atoms with Gasteiger partial charge in [0.15, 0.2) is 0 Å². The lowest BCUT2D eigenvalue weighted by Crippen LogP contribution is -2.32. The number of nitrogens with one attached hydrogen (secondary N) is 1. The van der Waals surface area contributed by atoms with E-state index in [4.69, 9.17) is 16.3 Å². The third kappa shape index (κ3) is 4.43. The third-order valence-corrected chi connectivity index (χ3v) is 4.03. The molecule has 0 amide bonds. The number of hydrogen-bond acceptors (Lipinski definition) is 2. The molecule has 0 aromatic heterocycles. The quantitative estimate of drug-likeness (QED) is 0.815. The van der Waals surface area contributed by atoms with Crippen LogP contribution in [-0.2, 0) is 0 Å². The van der Waals surface area contributed by atoms with Crippen molar-refractivity contribution in [3.8, 4) is 5.75 Å². The summed E-state index contributed by atoms with van der Waals surface area (Å²) in [5.41, 5.74) is 0.750. The maximum atomic E-state index is 12.7. The van der Waals surface area contributed by atoms with Crippen molar-refractivity contribution in [1.29, 1.82) is 0 Å². The van der Waals surface area contributed by atoms with Gasteiger partial charge in [-0.1, -0.05) is 11.6 Å². The van der Waals surface area contributed by atoms with E-state index in [9.17, 15) is 13.2 Å². The Morgan fingerprint density at radius 3 is 2.48 bits per heavy atom. The molecular weight excluding hydrogens is 303 g/mol. The summed E-state index contributed by atoms with van der Waals surface area (Å²) in [7, 11) is 0. The highest BCUT2D eigenvalue weighted by Gasteiger charge is 2.41. The van der Waals surface area contributed by atoms with Crippen LogP contribution in [0.1, 0.15) is 32.6 Å². The molecule has 0 atom stereocenters. The molecule has 0 spiro atoms. The molecule has 21 heavy (non-hydrogen) atoms. The van der Waals surface area contributed by atoms with Crippen molar-refractivity contribution in [3.63, 3.8) is 0 Å². The van der Waals surface area contributed by atoms with Crippen LogP contribution in [-0.4, -0.2) is 18.8 Å². The highest BCUT2D eigenvalue weighted by Crippen LogP contribution is 2.39. The van der Waals surface area contributed by atoms with E-state index in [-0.39, 0.29) is 18.9 Å². The number of halogens is 4. The van der Waals surface area contributed by atoms with E-state index < -0.39 is 12.1 Å². The molecule has 1 aliphatic rings. The van der Waals surface area contributed by atoms with Crippen molar-refractivity contribution in [1.82, 2.24) is 0 Å². The summed E-state index contributed by atoms with van der Waals surface area (Å²) >= 11 is 5.97. The topological polar surface area (TPSA) is 21.3 Å². The number of benzene rings is 1. The molecule has 1 saturated carbocycles. The first-order valence-electron chi connectivity index (χ1n) is 7.15. The van der Waals surface area contributed by atoms with Crippen molar-refractivity contribution >= 4 is 17.3 Å². The summed E-state index contributed by atoms with van der Waals surface area (Å²) in [6.45, 7) is 2.41. The monoisotopic (exact) mass is 321 g/mol. The molecule has 0 unspecified atom stereocenters. The zero-order valence-corrected chi connectivity index (χ0v) is 12.6. The molecule has 2 nitrogen and oxygen atoms in total. The van der Waals surface area contributed by atoms with Crippen molar-refractivity contribution in [2.24, 2.45) is 5.92 Å². The fourth-order valence-corrected chi connectivity index (χ4v) is 2.85. The summed E-state index contributed by atoms with van der Waals surface area (Å²) in [4.78, 5) is 0. The van der Waals surface area contributed by atoms with Gasteiger partial charge >= 0.3 is 6.18 Å². The Bertz CT molecular complexity index is 470. The van der Waals surface area contributed by atoms with Gasteiger partial charge in [0.1, 0.15) is 5.75 Å². The SMILES string of the molecule is CCOc1ccc(Cl)cc1NC1CCC(C(F)(F)F)CC1. The van der Waals surface area contributed by atoms with Crippen LogP contribution in [0.4, 0.5) is 18.9 Å². The van der Waals surface area contributed by atoms with E-state index in [2.05, 4.69) is 5.32 Å². The number of alkyl halides is 3. The predicted molar refractivity (Wildman–Crippen MR) is 78.0 cm³/mol. The van der Waals surface area contributed by atoms with Crippen LogP contribution in [0.5, 0.6) is 5.75 Å². The molecule has 0 heterocycles. The summed E-state index contributed by atoms with van der Waals surface area (Å²) < 4.78 is 43.5. The van der Waals surface area contributed by atoms with Crippen LogP contribution in [0.3, 0.4) is 0 Å². The van der Waals surface area contributed by atoms with E-state index in [1.54, 1.807) is 18.2 Å². The fourth-order valence-electron chi connectivity index (χ4n) is 2.68. The van der Waals surface area contributed by atoms with Gasteiger partial charge in [0.25, 0.3) is 0 Å². The largest absolute Gasteiger partial charge is 0.492 e. The Kier molecular flexibility index (Phi) is 5.25. The Morgan fingerprint density at radius 2 is 1.90 bits per heavy atom. The van der Waals surface area contributed by atoms with Crippen molar-refractivity contribution < 1.29 is 17.9 Å². The standard InChI is InChI=1S/C15H19ClF3NO/c1-2-21-14-8-5-11(16)9-13(14)20-12-6-3-10(4-7-12)15(17,18)19/h5,8-10,12,20H,2-4,6-7H2,1H3. The fraction of sp³-hybridized carbons (Fsp3) is 0.600. The molecule has 0 radical (unpaired) electrons. The van der Waals surface area contributed by atoms with Crippen LogP contribution in [0, 0.1) is 5.92 Å². The zero-order valence-electron chi connectivity index (χ0n) is 11.8. The first-order chi connectivity index (χ1) is 9.90. The lowest BCUT2D eigenvalue weighted by molar-refractivity contribution is -0.182. The zero-order chi connectivity index (χ0) is 15.5. The number of rotatable bonds is 4. The molecular formula is C15H19ClF3NO. The molecule has 1 aliphatic carbocycles. The summed E-state index contributed by atoms with van der Waals surface area (Å²) in [5, 5.41) is 3.84. The Morgan fingerprint density at radius 1 is 1.24 bits per heavy atom. The van der Waals surface area contributed by atoms with Gasteiger partial charge in [0.05, 0.1) is 18.2 Å². The first kappa shape index (κ1) is 16.3. The molecule has 6 heteroatoms. The van der Waals surface area contributed by atoms with Crippen LogP contribution in [0.15, 0.2) is 18.2 Å². The second-order valence-electron chi connectivity index (χ2n) is 5.31. The predicted octanol–water partition coefficient (Wildman–Crippen LogP) is 5.27. The molecule has 1 aromatic rings. The summed E-state index contributed by atoms with van der Waals surface area (Å²) in [5.74, 6) is -0.485. The summed E-state index contributed by atoms with van der Waals surface area (Å²) in [6, 6.07) is 5.29. The van der Waals surface area contributed by atoms with Crippen LogP contribution >= 0.6 is 11.6 Å². The van der Waals surface area contributed by atoms with Gasteiger partial charge in [-0.2, -0.15) is 13.2 Å². The Hall–Kier alpha value is -1.10. The van der Waals surface area contributed by atoms with Gasteiger partial charge in [-0.3, -0.25) is 0 Å². The lowest BCUT2D eigenvalue weighted by atomic mass is 9.85. The maximum Gasteiger partial charge on any atom is 0.391 e. The molecule has 0 aliphatic heterocycles. The second-order valence-corrected chi connectivity index (χ2v) is 5.74. The van der Waals surface area contributed by atoms with Gasteiger partial charge in [-0.15, -0.1) is 0 Å². The average Bonchev–Trinajstić information content (AvgIpc) is 2.42. The van der Waals surface area contributed by atoms with Crippen LogP contribution < -0.4 is 10.1 Å². The van der Waals surface area contributed by atoms with Crippen molar-refractivity contribution in [2.75, 3.05) is 11.9 Å². The average molecular weight is 322 g/mol. The summed E-state index contributed by atoms with van der Waals surface area (Å²) in [6.07, 6.45) is -2.72. The lowest BCUT2D eigenvalue weighted by Gasteiger charge is -2.31. The number of ether oxygens (including phenoxy) is 1. The van der Waals surface area contributed by atoms with Crippen molar-refractivity contribution in [3.05, 3.63) is 23.2 Å². The van der Waals surface area contributed by atoms with E-state index in [1.807, 2.05) is 6.92 Å². The second kappa shape index (κ2) is 6.77. The minimum absolute atomic E-state index is 0.0290. The third-order valence-electron chi connectivity index (χ3n) is 3.79. The highest BCUT2D eigenvalue weighted by molar-refractivity contribution is 6.30. The van der Waals surface area contributed by atoms with E-state index in [0.29, 0.717) is 30.2 Å². The smallest absolute Gasteiger partial charge is 0.391 e. The Labute approximate surface area is 127 Å². The Balaban J connectivity index is 1.99. The van der Waals surface area contributed by atoms with Crippen molar-refractivity contribution in [2.45, 2.75) is 44.8 Å². The molecule has 2 rings (SSSR count). The molecule has 1 fully saturated rings. The molecule has 1 N–H and O–H groups in total. The first-order valence-corrected chi connectivity index (χ1v) is 7.53. The van der Waals surface area contributed by atoms with Gasteiger partial charge in [0, 0.05) is 11.1 Å². The number of hydrogen-bond donors (Lipinski definition) is 1. The van der Waals surface area contributed by atoms with Crippen LogP contribution in [0.2, 0.25) is 5.02 Å². The van der Waals surface area contributed by atoms with Gasteiger partial charge in [0.2, 0.25) is 0 Å². The van der Waals surface area contributed by atoms with E-state index in [0.717, 1.165) is 5.69 Å². The minimum Gasteiger partial charge on any atom is -0.492 e. The molecule has 1 aromatic carbocycles. The van der Waals surface area contributed by atoms with E-state index in [1.165, 1.54) is 0 Å². The van der Waals surface area contributed by atoms with Crippen LogP contribution in [0.25, 0.3) is 0 Å². The van der Waals surface area contributed by atoms with E-state index >= 15 is 0 Å². The highest BCUT2D eigenvalue weighted by atomic mass is 35.5. The molecule has 0 saturated heterocycles. The van der Waals surface area contributed by atoms with Gasteiger partial charge < -0.3 is 10.1 Å².